The first-order valence-electron chi connectivity index (χ1n) is 12.6. The summed E-state index contributed by atoms with van der Waals surface area (Å²) in [6.45, 7) is 8.29. The third-order valence-corrected chi connectivity index (χ3v) is 7.54. The van der Waals surface area contributed by atoms with Gasteiger partial charge in [-0.2, -0.15) is 13.2 Å². The van der Waals surface area contributed by atoms with Crippen molar-refractivity contribution in [2.75, 3.05) is 56.0 Å². The predicted molar refractivity (Wildman–Crippen MR) is 145 cm³/mol. The second-order valence-corrected chi connectivity index (χ2v) is 10.6. The molecule has 0 saturated carbocycles. The molecule has 2 aromatic rings. The van der Waals surface area contributed by atoms with Crippen LogP contribution >= 0.6 is 11.8 Å². The van der Waals surface area contributed by atoms with E-state index in [0.29, 0.717) is 19.5 Å². The molecule has 10 heteroatoms. The zero-order valence-corrected chi connectivity index (χ0v) is 21.5. The molecule has 2 aliphatic heterocycles. The van der Waals surface area contributed by atoms with E-state index in [2.05, 4.69) is 26.2 Å². The van der Waals surface area contributed by atoms with Gasteiger partial charge in [0.15, 0.2) is 0 Å². The standard InChI is InChI=1S/C26H34F3N5OS.CH4/c1-20-4-7-23(19-30-20)33-17-15-32(16-18-33)12-2-3-25(35)34-13-10-22(11-14-34)31-21-5-8-24(9-6-21)36-26(27,28)29;/h4-9,19,22,31H,2-3,10-18H2,1H3;1H4. The van der Waals surface area contributed by atoms with Crippen molar-refractivity contribution < 1.29 is 18.0 Å². The molecule has 2 aliphatic rings. The number of carbonyl (C=O) groups excluding carboxylic acids is 1. The maximum atomic E-state index is 12.7. The number of benzene rings is 1. The Balaban J connectivity index is 0.00000380. The number of aryl methyl sites for hydroxylation is 1. The van der Waals surface area contributed by atoms with Crippen LogP contribution in [0.2, 0.25) is 0 Å². The fraction of sp³-hybridized carbons (Fsp3) is 0.556. The normalized spacial score (nSPS) is 17.4. The van der Waals surface area contributed by atoms with Gasteiger partial charge >= 0.3 is 5.51 Å². The molecule has 1 aromatic heterocycles. The average Bonchev–Trinajstić information content (AvgIpc) is 2.86. The van der Waals surface area contributed by atoms with Crippen molar-refractivity contribution in [3.05, 3.63) is 48.3 Å². The second kappa shape index (κ2) is 13.4. The minimum Gasteiger partial charge on any atom is -0.382 e. The van der Waals surface area contributed by atoms with Crippen LogP contribution in [0.15, 0.2) is 47.5 Å². The first-order valence-corrected chi connectivity index (χ1v) is 13.4. The molecule has 6 nitrogen and oxygen atoms in total. The zero-order valence-electron chi connectivity index (χ0n) is 20.6. The lowest BCUT2D eigenvalue weighted by molar-refractivity contribution is -0.132. The van der Waals surface area contributed by atoms with Crippen molar-refractivity contribution in [3.8, 4) is 0 Å². The van der Waals surface area contributed by atoms with Crippen LogP contribution in [-0.2, 0) is 4.79 Å². The van der Waals surface area contributed by atoms with Gasteiger partial charge in [-0.1, -0.05) is 7.43 Å². The lowest BCUT2D eigenvalue weighted by Gasteiger charge is -2.36. The Morgan fingerprint density at radius 3 is 2.30 bits per heavy atom. The molecule has 0 aliphatic carbocycles. The van der Waals surface area contributed by atoms with E-state index in [1.807, 2.05) is 24.1 Å². The number of anilines is 2. The Bertz CT molecular complexity index is 971. The van der Waals surface area contributed by atoms with E-state index >= 15 is 0 Å². The van der Waals surface area contributed by atoms with E-state index in [4.69, 9.17) is 0 Å². The van der Waals surface area contributed by atoms with Crippen LogP contribution in [0.4, 0.5) is 24.5 Å². The molecule has 0 bridgehead atoms. The number of pyridine rings is 1. The first kappa shape index (κ1) is 29.1. The van der Waals surface area contributed by atoms with Crippen LogP contribution in [0, 0.1) is 6.92 Å². The lowest BCUT2D eigenvalue weighted by atomic mass is 10.0. The van der Waals surface area contributed by atoms with E-state index < -0.39 is 5.51 Å². The van der Waals surface area contributed by atoms with Gasteiger partial charge in [0.05, 0.1) is 11.9 Å². The number of piperidine rings is 1. The molecule has 0 atom stereocenters. The van der Waals surface area contributed by atoms with Gasteiger partial charge in [0.25, 0.3) is 0 Å². The number of aromatic nitrogens is 1. The lowest BCUT2D eigenvalue weighted by Crippen LogP contribution is -2.47. The number of likely N-dealkylation sites (tertiary alicyclic amines) is 1. The number of hydrogen-bond donors (Lipinski definition) is 1. The highest BCUT2D eigenvalue weighted by molar-refractivity contribution is 8.00. The number of nitrogens with zero attached hydrogens (tertiary/aromatic N) is 4. The molecule has 0 radical (unpaired) electrons. The summed E-state index contributed by atoms with van der Waals surface area (Å²) in [5, 5.41) is 3.39. The Morgan fingerprint density at radius 2 is 1.70 bits per heavy atom. The van der Waals surface area contributed by atoms with Crippen LogP contribution in [-0.4, -0.2) is 78.1 Å². The summed E-state index contributed by atoms with van der Waals surface area (Å²) in [6, 6.07) is 10.7. The van der Waals surface area contributed by atoms with Gasteiger partial charge in [0.1, 0.15) is 0 Å². The molecule has 37 heavy (non-hydrogen) atoms. The van der Waals surface area contributed by atoms with Crippen molar-refractivity contribution in [1.29, 1.82) is 0 Å². The van der Waals surface area contributed by atoms with Gasteiger partial charge < -0.3 is 15.1 Å². The van der Waals surface area contributed by atoms with Gasteiger partial charge in [0, 0.05) is 68.0 Å². The number of halogens is 3. The third kappa shape index (κ3) is 9.10. The second-order valence-electron chi connectivity index (χ2n) is 9.46. The number of thioether (sulfide) groups is 1. The van der Waals surface area contributed by atoms with Crippen LogP contribution in [0.1, 0.15) is 38.8 Å². The highest BCUT2D eigenvalue weighted by Crippen LogP contribution is 2.37. The van der Waals surface area contributed by atoms with E-state index in [1.165, 1.54) is 17.8 Å². The quantitative estimate of drug-likeness (QED) is 0.440. The molecule has 3 heterocycles. The Hall–Kier alpha value is -2.46. The van der Waals surface area contributed by atoms with Gasteiger partial charge in [-0.3, -0.25) is 14.7 Å². The fourth-order valence-corrected chi connectivity index (χ4v) is 5.29. The van der Waals surface area contributed by atoms with E-state index in [9.17, 15) is 18.0 Å². The van der Waals surface area contributed by atoms with Gasteiger partial charge in [-0.25, -0.2) is 0 Å². The van der Waals surface area contributed by atoms with E-state index in [-0.39, 0.29) is 36.0 Å². The Morgan fingerprint density at radius 1 is 1.03 bits per heavy atom. The number of nitrogens with one attached hydrogen (secondary N) is 1. The van der Waals surface area contributed by atoms with Crippen molar-refractivity contribution in [2.45, 2.75) is 56.5 Å². The van der Waals surface area contributed by atoms with Crippen molar-refractivity contribution >= 4 is 29.0 Å². The number of piperazine rings is 1. The molecule has 204 valence electrons. The summed E-state index contributed by atoms with van der Waals surface area (Å²) < 4.78 is 37.4. The molecule has 1 aromatic carbocycles. The molecule has 1 N–H and O–H groups in total. The summed E-state index contributed by atoms with van der Waals surface area (Å²) in [4.78, 5) is 24.0. The molecule has 2 saturated heterocycles. The van der Waals surface area contributed by atoms with Crippen LogP contribution in [0.3, 0.4) is 0 Å². The minimum atomic E-state index is -4.27. The third-order valence-electron chi connectivity index (χ3n) is 6.80. The van der Waals surface area contributed by atoms with E-state index in [0.717, 1.165) is 63.4 Å². The van der Waals surface area contributed by atoms with Crippen LogP contribution in [0.5, 0.6) is 0 Å². The minimum absolute atomic E-state index is 0. The molecular weight excluding hydrogens is 499 g/mol. The maximum Gasteiger partial charge on any atom is 0.446 e. The highest BCUT2D eigenvalue weighted by Gasteiger charge is 2.29. The molecular formula is C27H38F3N5OS. The van der Waals surface area contributed by atoms with Gasteiger partial charge in [-0.05, 0) is 80.9 Å². The average molecular weight is 538 g/mol. The molecule has 2 fully saturated rings. The molecule has 4 rings (SSSR count). The summed E-state index contributed by atoms with van der Waals surface area (Å²) in [6.07, 6.45) is 5.04. The van der Waals surface area contributed by atoms with Crippen LogP contribution < -0.4 is 10.2 Å². The topological polar surface area (TPSA) is 51.7 Å². The van der Waals surface area contributed by atoms with Crippen molar-refractivity contribution in [3.63, 3.8) is 0 Å². The number of rotatable bonds is 8. The maximum absolute atomic E-state index is 12.7. The van der Waals surface area contributed by atoms with Crippen molar-refractivity contribution in [2.24, 2.45) is 0 Å². The first-order chi connectivity index (χ1) is 17.2. The smallest absolute Gasteiger partial charge is 0.382 e. The monoisotopic (exact) mass is 537 g/mol. The number of hydrogen-bond acceptors (Lipinski definition) is 6. The highest BCUT2D eigenvalue weighted by atomic mass is 32.2. The van der Waals surface area contributed by atoms with Crippen LogP contribution in [0.25, 0.3) is 0 Å². The fourth-order valence-electron chi connectivity index (χ4n) is 4.75. The summed E-state index contributed by atoms with van der Waals surface area (Å²) in [5.41, 5.74) is -1.27. The Labute approximate surface area is 222 Å². The molecule has 0 spiro atoms. The number of alkyl halides is 3. The number of amides is 1. The molecule has 1 amide bonds. The van der Waals surface area contributed by atoms with Gasteiger partial charge in [-0.15, -0.1) is 0 Å². The van der Waals surface area contributed by atoms with Gasteiger partial charge in [0.2, 0.25) is 5.91 Å². The summed E-state index contributed by atoms with van der Waals surface area (Å²) in [7, 11) is 0. The predicted octanol–water partition coefficient (Wildman–Crippen LogP) is 5.64. The van der Waals surface area contributed by atoms with Crippen molar-refractivity contribution in [1.82, 2.24) is 14.8 Å². The SMILES string of the molecule is C.Cc1ccc(N2CCN(CCCC(=O)N3CCC(Nc4ccc(SC(F)(F)F)cc4)CC3)CC2)cn1. The van der Waals surface area contributed by atoms with E-state index in [1.54, 1.807) is 12.1 Å². The number of carbonyl (C=O) groups is 1. The largest absolute Gasteiger partial charge is 0.446 e. The molecule has 0 unspecified atom stereocenters. The summed E-state index contributed by atoms with van der Waals surface area (Å²) in [5.74, 6) is 0.214. The summed E-state index contributed by atoms with van der Waals surface area (Å²) >= 11 is -0.105. The zero-order chi connectivity index (χ0) is 25.5. The Kier molecular flexibility index (Phi) is 10.5.